The quantitative estimate of drug-likeness (QED) is 0.329. The highest BCUT2D eigenvalue weighted by atomic mass is 79.9. The summed E-state index contributed by atoms with van der Waals surface area (Å²) in [6.45, 7) is 3.75. The van der Waals surface area contributed by atoms with Gasteiger partial charge in [-0.25, -0.2) is 15.4 Å². The second-order valence-corrected chi connectivity index (χ2v) is 7.11. The number of phenolic OH excluding ortho intramolecular Hbond substituents is 1. The number of benzene rings is 1. The summed E-state index contributed by atoms with van der Waals surface area (Å²) in [6, 6.07) is 5.06. The van der Waals surface area contributed by atoms with E-state index in [1.807, 2.05) is 19.9 Å². The van der Waals surface area contributed by atoms with E-state index in [0.29, 0.717) is 15.2 Å². The van der Waals surface area contributed by atoms with Gasteiger partial charge in [0.2, 0.25) is 0 Å². The Hall–Kier alpha value is -1.64. The first-order valence-electron chi connectivity index (χ1n) is 6.80. The fourth-order valence-electron chi connectivity index (χ4n) is 1.78. The van der Waals surface area contributed by atoms with Gasteiger partial charge in [0.25, 0.3) is 5.91 Å². The van der Waals surface area contributed by atoms with Crippen molar-refractivity contribution in [3.8, 4) is 5.75 Å². The number of aryl methyl sites for hydroxylation is 2. The van der Waals surface area contributed by atoms with Crippen LogP contribution in [0.3, 0.4) is 0 Å². The number of hydrazone groups is 1. The maximum absolute atomic E-state index is 11.8. The van der Waals surface area contributed by atoms with Gasteiger partial charge in [-0.3, -0.25) is 4.79 Å². The fourth-order valence-corrected chi connectivity index (χ4v) is 3.35. The number of thioether (sulfide) groups is 1. The number of aromatic nitrogens is 2. The van der Waals surface area contributed by atoms with Crippen molar-refractivity contribution in [2.24, 2.45) is 5.10 Å². The Labute approximate surface area is 156 Å². The number of phenols is 1. The number of hydrogen-bond donors (Lipinski definition) is 2. The van der Waals surface area contributed by atoms with Crippen molar-refractivity contribution in [3.63, 3.8) is 0 Å². The highest BCUT2D eigenvalue weighted by Crippen LogP contribution is 2.30. The zero-order valence-electron chi connectivity index (χ0n) is 12.9. The lowest BCUT2D eigenvalue weighted by molar-refractivity contribution is -0.118. The number of halogens is 2. The van der Waals surface area contributed by atoms with Crippen molar-refractivity contribution in [1.29, 1.82) is 0 Å². The highest BCUT2D eigenvalue weighted by Gasteiger charge is 2.07. The molecule has 0 atom stereocenters. The molecule has 0 saturated heterocycles. The Bertz CT molecular complexity index is 781. The van der Waals surface area contributed by atoms with Crippen LogP contribution in [0.25, 0.3) is 0 Å². The molecule has 0 bridgehead atoms. The van der Waals surface area contributed by atoms with Crippen molar-refractivity contribution in [2.75, 3.05) is 5.75 Å². The number of rotatable bonds is 5. The van der Waals surface area contributed by atoms with E-state index in [2.05, 4.69) is 36.4 Å². The number of amides is 1. The molecule has 1 aromatic heterocycles. The van der Waals surface area contributed by atoms with Gasteiger partial charge < -0.3 is 5.11 Å². The van der Waals surface area contributed by atoms with Gasteiger partial charge in [-0.15, -0.1) is 0 Å². The summed E-state index contributed by atoms with van der Waals surface area (Å²) < 4.78 is 0.695. The van der Waals surface area contributed by atoms with Gasteiger partial charge in [-0.2, -0.15) is 5.10 Å². The molecule has 1 heterocycles. The Morgan fingerprint density at radius 3 is 2.71 bits per heavy atom. The molecule has 2 rings (SSSR count). The Morgan fingerprint density at radius 2 is 2.04 bits per heavy atom. The van der Waals surface area contributed by atoms with Gasteiger partial charge in [0.1, 0.15) is 5.75 Å². The SMILES string of the molecule is Cc1cc(C)nc(SCC(=O)N/N=C/c2cc(Br)cc(Cl)c2O)n1. The first-order chi connectivity index (χ1) is 11.3. The first kappa shape index (κ1) is 18.7. The standard InChI is InChI=1S/C15H14BrClN4O2S/c1-8-3-9(2)20-15(19-8)24-7-13(22)21-18-6-10-4-11(16)5-12(17)14(10)23/h3-6,23H,7H2,1-2H3,(H,21,22)/b18-6+. The predicted molar refractivity (Wildman–Crippen MR) is 98.8 cm³/mol. The molecule has 126 valence electrons. The lowest BCUT2D eigenvalue weighted by Crippen LogP contribution is -2.19. The Balaban J connectivity index is 1.91. The van der Waals surface area contributed by atoms with Crippen molar-refractivity contribution in [2.45, 2.75) is 19.0 Å². The van der Waals surface area contributed by atoms with E-state index in [1.54, 1.807) is 12.1 Å². The maximum Gasteiger partial charge on any atom is 0.250 e. The summed E-state index contributed by atoms with van der Waals surface area (Å²) in [6.07, 6.45) is 1.32. The third-order valence-corrected chi connectivity index (χ3v) is 4.34. The second-order valence-electron chi connectivity index (χ2n) is 4.84. The van der Waals surface area contributed by atoms with Crippen molar-refractivity contribution >= 4 is 51.4 Å². The topological polar surface area (TPSA) is 87.5 Å². The monoisotopic (exact) mass is 428 g/mol. The van der Waals surface area contributed by atoms with E-state index in [4.69, 9.17) is 11.6 Å². The summed E-state index contributed by atoms with van der Waals surface area (Å²) in [5.41, 5.74) is 4.47. The number of nitrogens with zero attached hydrogens (tertiary/aromatic N) is 3. The average molecular weight is 430 g/mol. The minimum atomic E-state index is -0.306. The molecule has 6 nitrogen and oxygen atoms in total. The van der Waals surface area contributed by atoms with Gasteiger partial charge in [0.15, 0.2) is 5.16 Å². The summed E-state index contributed by atoms with van der Waals surface area (Å²) in [5, 5.41) is 14.4. The van der Waals surface area contributed by atoms with E-state index in [-0.39, 0.29) is 22.4 Å². The summed E-state index contributed by atoms with van der Waals surface area (Å²) in [7, 11) is 0. The summed E-state index contributed by atoms with van der Waals surface area (Å²) >= 11 is 10.4. The molecule has 1 amide bonds. The molecule has 0 aliphatic rings. The van der Waals surface area contributed by atoms with Crippen molar-refractivity contribution in [1.82, 2.24) is 15.4 Å². The van der Waals surface area contributed by atoms with Crippen LogP contribution in [-0.4, -0.2) is 32.9 Å². The van der Waals surface area contributed by atoms with Crippen LogP contribution in [0.5, 0.6) is 5.75 Å². The van der Waals surface area contributed by atoms with Gasteiger partial charge in [-0.05, 0) is 32.0 Å². The molecule has 0 unspecified atom stereocenters. The minimum Gasteiger partial charge on any atom is -0.506 e. The van der Waals surface area contributed by atoms with E-state index in [9.17, 15) is 9.90 Å². The molecular weight excluding hydrogens is 416 g/mol. The van der Waals surface area contributed by atoms with Crippen LogP contribution in [-0.2, 0) is 4.79 Å². The maximum atomic E-state index is 11.8. The smallest absolute Gasteiger partial charge is 0.250 e. The number of hydrogen-bond acceptors (Lipinski definition) is 6. The molecule has 0 saturated carbocycles. The number of nitrogens with one attached hydrogen (secondary N) is 1. The zero-order valence-corrected chi connectivity index (χ0v) is 16.0. The molecule has 0 spiro atoms. The largest absolute Gasteiger partial charge is 0.506 e. The molecule has 24 heavy (non-hydrogen) atoms. The van der Waals surface area contributed by atoms with E-state index in [0.717, 1.165) is 11.4 Å². The predicted octanol–water partition coefficient (Wildman–Crippen LogP) is 3.46. The lowest BCUT2D eigenvalue weighted by atomic mass is 10.2. The second kappa shape index (κ2) is 8.46. The first-order valence-corrected chi connectivity index (χ1v) is 8.96. The third kappa shape index (κ3) is 5.47. The molecule has 2 aromatic rings. The van der Waals surface area contributed by atoms with Crippen LogP contribution in [0.4, 0.5) is 0 Å². The lowest BCUT2D eigenvalue weighted by Gasteiger charge is -2.03. The molecule has 2 N–H and O–H groups in total. The fraction of sp³-hybridized carbons (Fsp3) is 0.200. The summed E-state index contributed by atoms with van der Waals surface area (Å²) in [4.78, 5) is 20.3. The van der Waals surface area contributed by atoms with Gasteiger partial charge in [-0.1, -0.05) is 39.3 Å². The van der Waals surface area contributed by atoms with Crippen LogP contribution < -0.4 is 5.43 Å². The molecule has 1 aromatic carbocycles. The van der Waals surface area contributed by atoms with E-state index >= 15 is 0 Å². The molecule has 0 aliphatic carbocycles. The molecule has 9 heteroatoms. The van der Waals surface area contributed by atoms with Gasteiger partial charge >= 0.3 is 0 Å². The van der Waals surface area contributed by atoms with Crippen LogP contribution in [0, 0.1) is 13.8 Å². The third-order valence-electron chi connectivity index (χ3n) is 2.74. The molecule has 0 fully saturated rings. The van der Waals surface area contributed by atoms with Gasteiger partial charge in [0.05, 0.1) is 17.0 Å². The number of aromatic hydroxyl groups is 1. The van der Waals surface area contributed by atoms with Crippen molar-refractivity contribution < 1.29 is 9.90 Å². The van der Waals surface area contributed by atoms with Gasteiger partial charge in [0, 0.05) is 21.4 Å². The van der Waals surface area contributed by atoms with Crippen LogP contribution >= 0.6 is 39.3 Å². The normalized spacial score (nSPS) is 11.0. The molecular formula is C15H14BrClN4O2S. The van der Waals surface area contributed by atoms with Crippen LogP contribution in [0.1, 0.15) is 17.0 Å². The zero-order chi connectivity index (χ0) is 17.7. The number of carbonyl (C=O) groups is 1. The van der Waals surface area contributed by atoms with Crippen LogP contribution in [0.15, 0.2) is 32.9 Å². The van der Waals surface area contributed by atoms with E-state index < -0.39 is 0 Å². The summed E-state index contributed by atoms with van der Waals surface area (Å²) in [5.74, 6) is -0.277. The molecule has 0 aliphatic heterocycles. The van der Waals surface area contributed by atoms with Crippen LogP contribution in [0.2, 0.25) is 5.02 Å². The number of carbonyl (C=O) groups excluding carboxylic acids is 1. The van der Waals surface area contributed by atoms with E-state index in [1.165, 1.54) is 18.0 Å². The van der Waals surface area contributed by atoms with Crippen molar-refractivity contribution in [3.05, 3.63) is 44.6 Å². The average Bonchev–Trinajstić information content (AvgIpc) is 2.49. The molecule has 0 radical (unpaired) electrons. The Kier molecular flexibility index (Phi) is 6.59. The highest BCUT2D eigenvalue weighted by molar-refractivity contribution is 9.10. The Morgan fingerprint density at radius 1 is 1.38 bits per heavy atom. The minimum absolute atomic E-state index is 0.101.